The molecule has 1 aromatic carbocycles. The molecule has 4 nitrogen and oxygen atoms in total. The number of hydrogen-bond acceptors (Lipinski definition) is 3. The summed E-state index contributed by atoms with van der Waals surface area (Å²) in [5.74, 6) is 2.23. The van der Waals surface area contributed by atoms with E-state index in [0.29, 0.717) is 0 Å². The number of rotatable bonds is 7. The van der Waals surface area contributed by atoms with Gasteiger partial charge in [-0.1, -0.05) is 24.3 Å². The average molecular weight is 462 g/mol. The molecule has 1 aliphatic heterocycles. The smallest absolute Gasteiger partial charge is 0.191 e. The second-order valence-electron chi connectivity index (χ2n) is 6.27. The first-order valence-corrected chi connectivity index (χ1v) is 9.58. The molecule has 0 aliphatic carbocycles. The summed E-state index contributed by atoms with van der Waals surface area (Å²) >= 11 is 2.07. The molecule has 1 unspecified atom stereocenters. The molecule has 1 saturated heterocycles. The van der Waals surface area contributed by atoms with E-state index in [2.05, 4.69) is 72.6 Å². The molecule has 6 heteroatoms. The third-order valence-corrected chi connectivity index (χ3v) is 5.21. The number of halogens is 1. The van der Waals surface area contributed by atoms with Crippen LogP contribution in [0.4, 0.5) is 0 Å². The normalized spacial score (nSPS) is 17.7. The van der Waals surface area contributed by atoms with Gasteiger partial charge in [-0.25, -0.2) is 4.99 Å². The molecule has 0 spiro atoms. The molecule has 2 N–H and O–H groups in total. The predicted molar refractivity (Wildman–Crippen MR) is 118 cm³/mol. The first kappa shape index (κ1) is 21.6. The number of nitrogens with zero attached hydrogens (tertiary/aromatic N) is 2. The minimum Gasteiger partial charge on any atom is -0.357 e. The lowest BCUT2D eigenvalue weighted by Crippen LogP contribution is -2.40. The Bertz CT molecular complexity index is 484. The minimum atomic E-state index is 0. The van der Waals surface area contributed by atoms with Crippen molar-refractivity contribution >= 4 is 41.7 Å². The van der Waals surface area contributed by atoms with E-state index in [1.54, 1.807) is 0 Å². The van der Waals surface area contributed by atoms with Crippen LogP contribution < -0.4 is 10.6 Å². The summed E-state index contributed by atoms with van der Waals surface area (Å²) in [6.07, 6.45) is 2.68. The molecule has 0 saturated carbocycles. The molecule has 0 bridgehead atoms. The standard InChI is InChI=1S/C18H30N4S.HI/c1-4-19-18(21-13-17-6-5-11-23-17)20-12-15-7-9-16(10-8-15)14-22(2)3;/h7-10,17H,4-6,11-14H2,1-3H3,(H2,19,20,21);1H. The van der Waals surface area contributed by atoms with Crippen LogP contribution in [-0.2, 0) is 13.1 Å². The van der Waals surface area contributed by atoms with Gasteiger partial charge in [0.15, 0.2) is 5.96 Å². The number of thioether (sulfide) groups is 1. The Morgan fingerprint density at radius 2 is 1.92 bits per heavy atom. The molecule has 1 heterocycles. The molecule has 136 valence electrons. The van der Waals surface area contributed by atoms with E-state index in [-0.39, 0.29) is 24.0 Å². The molecule has 0 amide bonds. The summed E-state index contributed by atoms with van der Waals surface area (Å²) in [5, 5.41) is 7.56. The second kappa shape index (κ2) is 12.0. The zero-order valence-corrected chi connectivity index (χ0v) is 18.2. The summed E-state index contributed by atoms with van der Waals surface area (Å²) in [7, 11) is 4.18. The third-order valence-electron chi connectivity index (χ3n) is 3.81. The Kier molecular flexibility index (Phi) is 10.8. The van der Waals surface area contributed by atoms with Crippen molar-refractivity contribution in [1.29, 1.82) is 0 Å². The van der Waals surface area contributed by atoms with Gasteiger partial charge in [0.25, 0.3) is 0 Å². The number of aliphatic imine (C=N–C) groups is 1. The zero-order valence-electron chi connectivity index (χ0n) is 15.0. The number of benzene rings is 1. The topological polar surface area (TPSA) is 39.7 Å². The summed E-state index contributed by atoms with van der Waals surface area (Å²) in [6.45, 7) is 5.71. The number of hydrogen-bond donors (Lipinski definition) is 2. The molecule has 0 aromatic heterocycles. The lowest BCUT2D eigenvalue weighted by molar-refractivity contribution is 0.402. The zero-order chi connectivity index (χ0) is 16.5. The van der Waals surface area contributed by atoms with Crippen molar-refractivity contribution in [3.8, 4) is 0 Å². The maximum absolute atomic E-state index is 4.71. The van der Waals surface area contributed by atoms with Gasteiger partial charge in [0, 0.05) is 24.9 Å². The molecule has 2 rings (SSSR count). The summed E-state index contributed by atoms with van der Waals surface area (Å²) in [5.41, 5.74) is 2.59. The van der Waals surface area contributed by atoms with Crippen molar-refractivity contribution in [3.63, 3.8) is 0 Å². The Morgan fingerprint density at radius 3 is 2.50 bits per heavy atom. The van der Waals surface area contributed by atoms with E-state index in [1.807, 2.05) is 0 Å². The molecule has 1 atom stereocenters. The third kappa shape index (κ3) is 8.07. The van der Waals surface area contributed by atoms with Gasteiger partial charge in [0.05, 0.1) is 6.54 Å². The second-order valence-corrected chi connectivity index (χ2v) is 7.67. The van der Waals surface area contributed by atoms with E-state index in [9.17, 15) is 0 Å². The van der Waals surface area contributed by atoms with Crippen molar-refractivity contribution in [2.24, 2.45) is 4.99 Å². The molecular weight excluding hydrogens is 431 g/mol. The Balaban J connectivity index is 0.00000288. The maximum Gasteiger partial charge on any atom is 0.191 e. The monoisotopic (exact) mass is 462 g/mol. The minimum absolute atomic E-state index is 0. The highest BCUT2D eigenvalue weighted by molar-refractivity contribution is 14.0. The van der Waals surface area contributed by atoms with Crippen molar-refractivity contribution < 1.29 is 0 Å². The van der Waals surface area contributed by atoms with E-state index < -0.39 is 0 Å². The van der Waals surface area contributed by atoms with E-state index >= 15 is 0 Å². The van der Waals surface area contributed by atoms with Gasteiger partial charge < -0.3 is 15.5 Å². The molecular formula is C18H31IN4S. The van der Waals surface area contributed by atoms with Crippen molar-refractivity contribution in [3.05, 3.63) is 35.4 Å². The van der Waals surface area contributed by atoms with Crippen molar-refractivity contribution in [1.82, 2.24) is 15.5 Å². The van der Waals surface area contributed by atoms with Crippen molar-refractivity contribution in [2.45, 2.75) is 38.1 Å². The molecule has 1 aliphatic rings. The van der Waals surface area contributed by atoms with E-state index in [1.165, 1.54) is 29.7 Å². The van der Waals surface area contributed by atoms with Crippen molar-refractivity contribution in [2.75, 3.05) is 32.9 Å². The van der Waals surface area contributed by atoms with E-state index in [4.69, 9.17) is 4.99 Å². The summed E-state index contributed by atoms with van der Waals surface area (Å²) in [4.78, 5) is 6.89. The first-order valence-electron chi connectivity index (χ1n) is 8.53. The van der Waals surface area contributed by atoms with Crippen LogP contribution in [0.3, 0.4) is 0 Å². The number of nitrogens with one attached hydrogen (secondary N) is 2. The van der Waals surface area contributed by atoms with Crippen LogP contribution in [0.2, 0.25) is 0 Å². The van der Waals surface area contributed by atoms with Gasteiger partial charge in [-0.3, -0.25) is 0 Å². The highest BCUT2D eigenvalue weighted by atomic mass is 127. The van der Waals surface area contributed by atoms with Gasteiger partial charge in [-0.15, -0.1) is 24.0 Å². The van der Waals surface area contributed by atoms with Gasteiger partial charge in [-0.2, -0.15) is 11.8 Å². The lowest BCUT2D eigenvalue weighted by atomic mass is 10.1. The Hall–Kier alpha value is -0.470. The van der Waals surface area contributed by atoms with Gasteiger partial charge in [0.1, 0.15) is 0 Å². The Morgan fingerprint density at radius 1 is 1.21 bits per heavy atom. The van der Waals surface area contributed by atoms with Crippen LogP contribution in [-0.4, -0.2) is 49.0 Å². The van der Waals surface area contributed by atoms with Crippen LogP contribution >= 0.6 is 35.7 Å². The van der Waals surface area contributed by atoms with Crippen LogP contribution in [0.15, 0.2) is 29.3 Å². The number of guanidine groups is 1. The summed E-state index contributed by atoms with van der Waals surface area (Å²) in [6, 6.07) is 8.75. The highest BCUT2D eigenvalue weighted by Gasteiger charge is 2.15. The fourth-order valence-electron chi connectivity index (χ4n) is 2.64. The van der Waals surface area contributed by atoms with Crippen LogP contribution in [0, 0.1) is 0 Å². The van der Waals surface area contributed by atoms with Crippen LogP contribution in [0.1, 0.15) is 30.9 Å². The van der Waals surface area contributed by atoms with Crippen LogP contribution in [0.5, 0.6) is 0 Å². The molecule has 0 radical (unpaired) electrons. The maximum atomic E-state index is 4.71. The van der Waals surface area contributed by atoms with Gasteiger partial charge >= 0.3 is 0 Å². The van der Waals surface area contributed by atoms with Gasteiger partial charge in [0.2, 0.25) is 0 Å². The summed E-state index contributed by atoms with van der Waals surface area (Å²) < 4.78 is 0. The largest absolute Gasteiger partial charge is 0.357 e. The fraction of sp³-hybridized carbons (Fsp3) is 0.611. The average Bonchev–Trinajstić information content (AvgIpc) is 3.04. The predicted octanol–water partition coefficient (Wildman–Crippen LogP) is 3.32. The highest BCUT2D eigenvalue weighted by Crippen LogP contribution is 2.25. The first-order chi connectivity index (χ1) is 11.2. The Labute approximate surface area is 168 Å². The quantitative estimate of drug-likeness (QED) is 0.371. The molecule has 1 fully saturated rings. The molecule has 24 heavy (non-hydrogen) atoms. The van der Waals surface area contributed by atoms with Gasteiger partial charge in [-0.05, 0) is 50.7 Å². The van der Waals surface area contributed by atoms with Crippen LogP contribution in [0.25, 0.3) is 0 Å². The fourth-order valence-corrected chi connectivity index (χ4v) is 3.84. The SMILES string of the molecule is CCNC(=NCc1ccc(CN(C)C)cc1)NCC1CCCS1.I. The molecule has 1 aromatic rings. The van der Waals surface area contributed by atoms with E-state index in [0.717, 1.165) is 37.4 Å². The lowest BCUT2D eigenvalue weighted by Gasteiger charge is -2.14.